The number of hydrogen-bond acceptors (Lipinski definition) is 6. The van der Waals surface area contributed by atoms with E-state index in [0.717, 1.165) is 10.4 Å². The largest absolute Gasteiger partial charge is 0.497 e. The number of carbonyl (C=O) groups excluding carboxylic acids is 1. The summed E-state index contributed by atoms with van der Waals surface area (Å²) < 4.78 is 5.17. The number of H-pyrrole nitrogens is 1. The van der Waals surface area contributed by atoms with Gasteiger partial charge in [0, 0.05) is 5.56 Å². The Hall–Kier alpha value is -3.13. The minimum atomic E-state index is -0.670. The molecule has 3 aromatic rings. The van der Waals surface area contributed by atoms with Gasteiger partial charge in [0.05, 0.1) is 17.7 Å². The number of hydrogen-bond donors (Lipinski definition) is 2. The van der Waals surface area contributed by atoms with Gasteiger partial charge in [0.15, 0.2) is 5.84 Å². The normalized spacial score (nSPS) is 11.3. The molecule has 24 heavy (non-hydrogen) atoms. The number of nitrogens with zero attached hydrogens (tertiary/aromatic N) is 2. The highest BCUT2D eigenvalue weighted by atomic mass is 32.1. The van der Waals surface area contributed by atoms with Gasteiger partial charge in [-0.15, -0.1) is 11.3 Å². The molecule has 7 nitrogen and oxygen atoms in total. The molecule has 3 N–H and O–H groups in total. The van der Waals surface area contributed by atoms with Gasteiger partial charge in [-0.25, -0.2) is 4.79 Å². The molecule has 0 aliphatic heterocycles. The number of aromatic nitrogens is 2. The average Bonchev–Trinajstić information content (AvgIpc) is 3.31. The number of rotatable bonds is 5. The van der Waals surface area contributed by atoms with E-state index in [9.17, 15) is 4.79 Å². The molecular formula is C16H14N4O3S. The first kappa shape index (κ1) is 15.8. The summed E-state index contributed by atoms with van der Waals surface area (Å²) in [6.07, 6.45) is 0. The molecule has 0 saturated carbocycles. The van der Waals surface area contributed by atoms with Gasteiger partial charge in [-0.1, -0.05) is 23.4 Å². The highest BCUT2D eigenvalue weighted by Crippen LogP contribution is 2.22. The molecule has 0 unspecified atom stereocenters. The van der Waals surface area contributed by atoms with Crippen LogP contribution >= 0.6 is 11.3 Å². The van der Waals surface area contributed by atoms with Gasteiger partial charge in [0.25, 0.3) is 0 Å². The van der Waals surface area contributed by atoms with E-state index in [4.69, 9.17) is 15.3 Å². The summed E-state index contributed by atoms with van der Waals surface area (Å²) in [5.41, 5.74) is 7.32. The standard InChI is InChI=1S/C16H14N4O3S/c1-22-11-5-2-4-10(8-11)12-9-13(19-18-12)16(21)23-20-15(17)14-6-3-7-24-14/h2-9H,1H3,(H2,17,20)(H,18,19). The molecular weight excluding hydrogens is 328 g/mol. The van der Waals surface area contributed by atoms with Crippen LogP contribution in [-0.2, 0) is 4.84 Å². The molecule has 0 aliphatic carbocycles. The lowest BCUT2D eigenvalue weighted by atomic mass is 10.1. The van der Waals surface area contributed by atoms with Gasteiger partial charge in [0.1, 0.15) is 11.4 Å². The number of carbonyl (C=O) groups is 1. The number of thiophene rings is 1. The Morgan fingerprint density at radius 3 is 2.92 bits per heavy atom. The molecule has 0 aliphatic rings. The van der Waals surface area contributed by atoms with Gasteiger partial charge in [-0.3, -0.25) is 5.10 Å². The highest BCUT2D eigenvalue weighted by molar-refractivity contribution is 7.12. The van der Waals surface area contributed by atoms with Crippen molar-refractivity contribution >= 4 is 23.1 Å². The van der Waals surface area contributed by atoms with Gasteiger partial charge in [-0.05, 0) is 29.6 Å². The van der Waals surface area contributed by atoms with Crippen molar-refractivity contribution in [2.24, 2.45) is 10.9 Å². The van der Waals surface area contributed by atoms with E-state index in [-0.39, 0.29) is 11.5 Å². The number of methoxy groups -OCH3 is 1. The number of ether oxygens (including phenoxy) is 1. The lowest BCUT2D eigenvalue weighted by Crippen LogP contribution is -2.13. The first-order valence-electron chi connectivity index (χ1n) is 6.96. The van der Waals surface area contributed by atoms with Crippen molar-refractivity contribution < 1.29 is 14.4 Å². The van der Waals surface area contributed by atoms with E-state index in [0.29, 0.717) is 11.4 Å². The van der Waals surface area contributed by atoms with E-state index < -0.39 is 5.97 Å². The molecule has 0 atom stereocenters. The SMILES string of the molecule is COc1cccc(-c2cc(C(=O)O/N=C(\N)c3cccs3)[nH]n2)c1. The predicted molar refractivity (Wildman–Crippen MR) is 91.0 cm³/mol. The van der Waals surface area contributed by atoms with Gasteiger partial charge in [-0.2, -0.15) is 5.10 Å². The summed E-state index contributed by atoms with van der Waals surface area (Å²) in [5, 5.41) is 12.2. The number of benzene rings is 1. The molecule has 0 bridgehead atoms. The van der Waals surface area contributed by atoms with Crippen LogP contribution in [0.25, 0.3) is 11.3 Å². The Kier molecular flexibility index (Phi) is 4.57. The second kappa shape index (κ2) is 6.97. The maximum Gasteiger partial charge on any atom is 0.383 e. The quantitative estimate of drug-likeness (QED) is 0.321. The summed E-state index contributed by atoms with van der Waals surface area (Å²) in [6, 6.07) is 12.5. The first-order valence-corrected chi connectivity index (χ1v) is 7.84. The van der Waals surface area contributed by atoms with Crippen LogP contribution in [0.1, 0.15) is 15.4 Å². The second-order valence-corrected chi connectivity index (χ2v) is 5.68. The lowest BCUT2D eigenvalue weighted by Gasteiger charge is -2.00. The minimum Gasteiger partial charge on any atom is -0.497 e. The van der Waals surface area contributed by atoms with E-state index >= 15 is 0 Å². The third-order valence-electron chi connectivity index (χ3n) is 3.16. The fraction of sp³-hybridized carbons (Fsp3) is 0.0625. The molecule has 0 radical (unpaired) electrons. The summed E-state index contributed by atoms with van der Waals surface area (Å²) >= 11 is 1.40. The number of nitrogens with two attached hydrogens (primary N) is 1. The third kappa shape index (κ3) is 3.44. The van der Waals surface area contributed by atoms with Gasteiger partial charge in [0.2, 0.25) is 0 Å². The molecule has 2 heterocycles. The fourth-order valence-corrected chi connectivity index (χ4v) is 2.58. The van der Waals surface area contributed by atoms with Crippen LogP contribution in [0.5, 0.6) is 5.75 Å². The zero-order chi connectivity index (χ0) is 16.9. The Balaban J connectivity index is 1.73. The molecule has 0 amide bonds. The van der Waals surface area contributed by atoms with Crippen LogP contribution in [0.4, 0.5) is 0 Å². The van der Waals surface area contributed by atoms with Crippen molar-refractivity contribution in [2.45, 2.75) is 0 Å². The lowest BCUT2D eigenvalue weighted by molar-refractivity contribution is 0.0509. The second-order valence-electron chi connectivity index (χ2n) is 4.73. The maximum atomic E-state index is 12.0. The van der Waals surface area contributed by atoms with Crippen molar-refractivity contribution in [1.29, 1.82) is 0 Å². The van der Waals surface area contributed by atoms with Crippen LogP contribution in [0.3, 0.4) is 0 Å². The van der Waals surface area contributed by atoms with E-state index in [1.165, 1.54) is 11.3 Å². The number of amidine groups is 1. The Morgan fingerprint density at radius 2 is 2.17 bits per heavy atom. The summed E-state index contributed by atoms with van der Waals surface area (Å²) in [4.78, 5) is 17.6. The number of aromatic amines is 1. The van der Waals surface area contributed by atoms with Crippen LogP contribution in [-0.4, -0.2) is 29.1 Å². The van der Waals surface area contributed by atoms with Crippen molar-refractivity contribution in [3.05, 3.63) is 58.4 Å². The Morgan fingerprint density at radius 1 is 1.29 bits per heavy atom. The zero-order valence-electron chi connectivity index (χ0n) is 12.7. The molecule has 0 fully saturated rings. The Bertz CT molecular complexity index is 871. The van der Waals surface area contributed by atoms with Crippen LogP contribution in [0.2, 0.25) is 0 Å². The molecule has 8 heteroatoms. The van der Waals surface area contributed by atoms with Crippen LogP contribution in [0, 0.1) is 0 Å². The van der Waals surface area contributed by atoms with E-state index in [2.05, 4.69) is 15.4 Å². The van der Waals surface area contributed by atoms with E-state index in [1.54, 1.807) is 19.2 Å². The maximum absolute atomic E-state index is 12.0. The topological polar surface area (TPSA) is 103 Å². The van der Waals surface area contributed by atoms with Crippen molar-refractivity contribution in [1.82, 2.24) is 10.2 Å². The zero-order valence-corrected chi connectivity index (χ0v) is 13.5. The molecule has 0 saturated heterocycles. The molecule has 0 spiro atoms. The predicted octanol–water partition coefficient (Wildman–Crippen LogP) is 2.62. The summed E-state index contributed by atoms with van der Waals surface area (Å²) in [6.45, 7) is 0. The van der Waals surface area contributed by atoms with E-state index in [1.807, 2.05) is 35.7 Å². The number of oxime groups is 1. The van der Waals surface area contributed by atoms with Crippen LogP contribution in [0.15, 0.2) is 53.0 Å². The molecule has 3 rings (SSSR count). The van der Waals surface area contributed by atoms with Crippen molar-refractivity contribution in [3.63, 3.8) is 0 Å². The van der Waals surface area contributed by atoms with Crippen molar-refractivity contribution in [2.75, 3.05) is 7.11 Å². The smallest absolute Gasteiger partial charge is 0.383 e. The third-order valence-corrected chi connectivity index (χ3v) is 4.06. The van der Waals surface area contributed by atoms with Gasteiger partial charge < -0.3 is 15.3 Å². The summed E-state index contributed by atoms with van der Waals surface area (Å²) in [7, 11) is 1.59. The summed E-state index contributed by atoms with van der Waals surface area (Å²) in [5.74, 6) is 0.176. The van der Waals surface area contributed by atoms with Gasteiger partial charge >= 0.3 is 5.97 Å². The number of nitrogens with one attached hydrogen (secondary N) is 1. The average molecular weight is 342 g/mol. The van der Waals surface area contributed by atoms with Crippen molar-refractivity contribution in [3.8, 4) is 17.0 Å². The van der Waals surface area contributed by atoms with Crippen LogP contribution < -0.4 is 10.5 Å². The minimum absolute atomic E-state index is 0.144. The molecule has 2 aromatic heterocycles. The Labute approximate surface area is 141 Å². The fourth-order valence-electron chi connectivity index (χ4n) is 1.97. The first-order chi connectivity index (χ1) is 11.7. The highest BCUT2D eigenvalue weighted by Gasteiger charge is 2.13. The monoisotopic (exact) mass is 342 g/mol. The molecule has 122 valence electrons. The molecule has 1 aromatic carbocycles.